The summed E-state index contributed by atoms with van der Waals surface area (Å²) in [5, 5.41) is 10.6. The first kappa shape index (κ1) is 12.6. The number of nitrogens with zero attached hydrogens (tertiary/aromatic N) is 1. The number of nitro groups is 1. The summed E-state index contributed by atoms with van der Waals surface area (Å²) in [6, 6.07) is 4.71. The Kier molecular flexibility index (Phi) is 4.85. The molecule has 0 aliphatic rings. The van der Waals surface area contributed by atoms with Crippen molar-refractivity contribution < 1.29 is 9.66 Å². The summed E-state index contributed by atoms with van der Waals surface area (Å²) >= 11 is 4.02. The first-order chi connectivity index (χ1) is 7.65. The van der Waals surface area contributed by atoms with Crippen LogP contribution in [0.4, 0.5) is 5.69 Å². The van der Waals surface area contributed by atoms with Gasteiger partial charge in [-0.25, -0.2) is 0 Å². The molecule has 0 unspecified atom stereocenters. The molecule has 0 heterocycles. The van der Waals surface area contributed by atoms with Crippen LogP contribution >= 0.6 is 12.6 Å². The lowest BCUT2D eigenvalue weighted by Crippen LogP contribution is -1.96. The zero-order valence-corrected chi connectivity index (χ0v) is 9.81. The van der Waals surface area contributed by atoms with Crippen molar-refractivity contribution in [3.63, 3.8) is 0 Å². The van der Waals surface area contributed by atoms with E-state index >= 15 is 0 Å². The number of rotatable bonds is 5. The maximum absolute atomic E-state index is 10.6. The van der Waals surface area contributed by atoms with Crippen LogP contribution in [0.25, 0.3) is 0 Å². The number of ether oxygens (including phenoxy) is 1. The molecule has 0 saturated heterocycles. The number of hydrogen-bond donors (Lipinski definition) is 1. The Balaban J connectivity index is 2.66. The lowest BCUT2D eigenvalue weighted by atomic mass is 10.2. The Bertz CT molecular complexity index is 404. The van der Waals surface area contributed by atoms with Crippen LogP contribution in [0.1, 0.15) is 5.56 Å². The van der Waals surface area contributed by atoms with Gasteiger partial charge in [0, 0.05) is 17.4 Å². The summed E-state index contributed by atoms with van der Waals surface area (Å²) in [4.78, 5) is 10.2. The molecule has 0 N–H and O–H groups in total. The highest BCUT2D eigenvalue weighted by atomic mass is 32.1. The minimum Gasteiger partial charge on any atom is -0.490 e. The Labute approximate surface area is 99.5 Å². The van der Waals surface area contributed by atoms with Crippen LogP contribution in [0.5, 0.6) is 5.75 Å². The predicted molar refractivity (Wildman–Crippen MR) is 66.3 cm³/mol. The summed E-state index contributed by atoms with van der Waals surface area (Å²) in [6.07, 6.45) is 3.73. The van der Waals surface area contributed by atoms with Crippen molar-refractivity contribution in [1.29, 1.82) is 0 Å². The van der Waals surface area contributed by atoms with E-state index in [0.717, 1.165) is 0 Å². The van der Waals surface area contributed by atoms with Crippen LogP contribution in [0, 0.1) is 17.0 Å². The van der Waals surface area contributed by atoms with E-state index in [4.69, 9.17) is 4.74 Å². The maximum Gasteiger partial charge on any atom is 0.272 e. The van der Waals surface area contributed by atoms with Crippen molar-refractivity contribution in [3.8, 4) is 5.75 Å². The lowest BCUT2D eigenvalue weighted by Gasteiger charge is -2.04. The van der Waals surface area contributed by atoms with E-state index in [1.165, 1.54) is 6.07 Å². The molecule has 0 saturated carbocycles. The zero-order chi connectivity index (χ0) is 12.0. The number of hydrogen-bond acceptors (Lipinski definition) is 4. The van der Waals surface area contributed by atoms with Crippen LogP contribution in [-0.2, 0) is 0 Å². The summed E-state index contributed by atoms with van der Waals surface area (Å²) in [5.74, 6) is 1.30. The van der Waals surface area contributed by atoms with Crippen molar-refractivity contribution in [1.82, 2.24) is 0 Å². The first-order valence-corrected chi connectivity index (χ1v) is 5.42. The Hall–Kier alpha value is -1.49. The fourth-order valence-corrected chi connectivity index (χ4v) is 1.36. The Morgan fingerprint density at radius 1 is 1.50 bits per heavy atom. The summed E-state index contributed by atoms with van der Waals surface area (Å²) in [5.41, 5.74) is 0.707. The lowest BCUT2D eigenvalue weighted by molar-refractivity contribution is -0.385. The topological polar surface area (TPSA) is 52.4 Å². The monoisotopic (exact) mass is 239 g/mol. The van der Waals surface area contributed by atoms with Gasteiger partial charge < -0.3 is 4.74 Å². The average molecular weight is 239 g/mol. The fraction of sp³-hybridized carbons (Fsp3) is 0.273. The van der Waals surface area contributed by atoms with Crippen LogP contribution in [0.2, 0.25) is 0 Å². The minimum absolute atomic E-state index is 0.109. The van der Waals surface area contributed by atoms with Gasteiger partial charge in [-0.05, 0) is 19.1 Å². The second-order valence-corrected chi connectivity index (χ2v) is 3.54. The largest absolute Gasteiger partial charge is 0.490 e. The molecular formula is C11H13NO3S. The van der Waals surface area contributed by atoms with Crippen molar-refractivity contribution in [3.05, 3.63) is 46.0 Å². The molecule has 0 aromatic heterocycles. The van der Waals surface area contributed by atoms with Gasteiger partial charge in [0.05, 0.1) is 4.92 Å². The molecule has 1 aromatic rings. The zero-order valence-electron chi connectivity index (χ0n) is 8.92. The van der Waals surface area contributed by atoms with Crippen LogP contribution in [0.15, 0.2) is 30.4 Å². The van der Waals surface area contributed by atoms with Gasteiger partial charge >= 0.3 is 0 Å². The number of nitro benzene ring substituents is 1. The molecule has 0 spiro atoms. The van der Waals surface area contributed by atoms with Crippen LogP contribution in [-0.4, -0.2) is 17.3 Å². The van der Waals surface area contributed by atoms with Gasteiger partial charge in [0.1, 0.15) is 12.4 Å². The second-order valence-electron chi connectivity index (χ2n) is 3.17. The van der Waals surface area contributed by atoms with Gasteiger partial charge in [0.25, 0.3) is 5.69 Å². The quantitative estimate of drug-likeness (QED) is 0.372. The molecule has 1 rings (SSSR count). The SMILES string of the molecule is Cc1cc(OCC=CCS)ccc1[N+](=O)[O-]. The van der Waals surface area contributed by atoms with Gasteiger partial charge in [-0.3, -0.25) is 10.1 Å². The van der Waals surface area contributed by atoms with Crippen molar-refractivity contribution in [2.24, 2.45) is 0 Å². The standard InChI is InChI=1S/C11H13NO3S/c1-9-8-10(15-6-2-3-7-16)4-5-11(9)12(13)14/h2-5,8,16H,6-7H2,1H3. The molecule has 5 heteroatoms. The third kappa shape index (κ3) is 3.58. The second kappa shape index (κ2) is 6.17. The Morgan fingerprint density at radius 2 is 2.25 bits per heavy atom. The molecule has 86 valence electrons. The van der Waals surface area contributed by atoms with Crippen LogP contribution < -0.4 is 4.74 Å². The van der Waals surface area contributed by atoms with E-state index in [2.05, 4.69) is 12.6 Å². The van der Waals surface area contributed by atoms with Crippen LogP contribution in [0.3, 0.4) is 0 Å². The first-order valence-electron chi connectivity index (χ1n) is 4.79. The molecule has 0 radical (unpaired) electrons. The fourth-order valence-electron chi connectivity index (χ4n) is 1.21. The van der Waals surface area contributed by atoms with Gasteiger partial charge in [0.2, 0.25) is 0 Å². The number of benzene rings is 1. The van der Waals surface area contributed by atoms with E-state index in [0.29, 0.717) is 23.7 Å². The van der Waals surface area contributed by atoms with Crippen molar-refractivity contribution in [2.45, 2.75) is 6.92 Å². The predicted octanol–water partition coefficient (Wildman–Crippen LogP) is 2.77. The van der Waals surface area contributed by atoms with E-state index in [9.17, 15) is 10.1 Å². The van der Waals surface area contributed by atoms with E-state index < -0.39 is 4.92 Å². The van der Waals surface area contributed by atoms with E-state index in [1.54, 1.807) is 19.1 Å². The van der Waals surface area contributed by atoms with Gasteiger partial charge in [-0.1, -0.05) is 12.2 Å². The Morgan fingerprint density at radius 3 is 2.81 bits per heavy atom. The summed E-state index contributed by atoms with van der Waals surface area (Å²) < 4.78 is 5.38. The summed E-state index contributed by atoms with van der Waals surface area (Å²) in [7, 11) is 0. The highest BCUT2D eigenvalue weighted by Crippen LogP contribution is 2.22. The third-order valence-corrected chi connectivity index (χ3v) is 2.19. The van der Waals surface area contributed by atoms with Gasteiger partial charge in [-0.2, -0.15) is 12.6 Å². The third-order valence-electron chi connectivity index (χ3n) is 1.98. The molecule has 0 fully saturated rings. The molecule has 0 atom stereocenters. The average Bonchev–Trinajstić information content (AvgIpc) is 2.24. The summed E-state index contributed by atoms with van der Waals surface area (Å²) in [6.45, 7) is 2.13. The molecule has 16 heavy (non-hydrogen) atoms. The van der Waals surface area contributed by atoms with Gasteiger partial charge in [0.15, 0.2) is 0 Å². The molecule has 4 nitrogen and oxygen atoms in total. The smallest absolute Gasteiger partial charge is 0.272 e. The van der Waals surface area contributed by atoms with E-state index in [-0.39, 0.29) is 5.69 Å². The normalized spacial score (nSPS) is 10.6. The number of thiol groups is 1. The molecule has 1 aromatic carbocycles. The highest BCUT2D eigenvalue weighted by molar-refractivity contribution is 7.80. The molecular weight excluding hydrogens is 226 g/mol. The molecule has 0 bridgehead atoms. The molecule has 0 amide bonds. The molecule has 0 aliphatic carbocycles. The number of aryl methyl sites for hydroxylation is 1. The van der Waals surface area contributed by atoms with Gasteiger partial charge in [-0.15, -0.1) is 0 Å². The maximum atomic E-state index is 10.6. The molecule has 0 aliphatic heterocycles. The van der Waals surface area contributed by atoms with Crippen molar-refractivity contribution >= 4 is 18.3 Å². The minimum atomic E-state index is -0.403. The van der Waals surface area contributed by atoms with E-state index in [1.807, 2.05) is 12.2 Å². The van der Waals surface area contributed by atoms with Crippen molar-refractivity contribution in [2.75, 3.05) is 12.4 Å². The highest BCUT2D eigenvalue weighted by Gasteiger charge is 2.09.